The molecular weight excluding hydrogens is 342 g/mol. The fraction of sp³-hybridized carbons (Fsp3) is 0.231. The summed E-state index contributed by atoms with van der Waals surface area (Å²) in [6.45, 7) is 3.05. The molecule has 0 radical (unpaired) electrons. The molecule has 0 aliphatic heterocycles. The van der Waals surface area contributed by atoms with E-state index in [9.17, 15) is 5.11 Å². The molecule has 2 nitrogen and oxygen atoms in total. The quantitative estimate of drug-likeness (QED) is 0.588. The lowest BCUT2D eigenvalue weighted by Crippen LogP contribution is -2.15. The second-order valence-electron chi connectivity index (χ2n) is 7.63. The normalized spacial score (nSPS) is 12.1. The third kappa shape index (κ3) is 5.34. The van der Waals surface area contributed by atoms with E-state index in [-0.39, 0.29) is 0 Å². The number of hydrogen-bond donors (Lipinski definition) is 1. The molecule has 0 aliphatic rings. The maximum Gasteiger partial charge on any atom is 0.116 e. The highest BCUT2D eigenvalue weighted by atomic mass is 16.3. The lowest BCUT2D eigenvalue weighted by molar-refractivity contribution is 0.446. The summed E-state index contributed by atoms with van der Waals surface area (Å²) in [6.07, 6.45) is 2.08. The minimum Gasteiger partial charge on any atom is -0.508 e. The van der Waals surface area contributed by atoms with Crippen LogP contribution in [0.25, 0.3) is 5.57 Å². The van der Waals surface area contributed by atoms with Crippen LogP contribution in [-0.2, 0) is 12.8 Å². The van der Waals surface area contributed by atoms with Crippen molar-refractivity contribution in [3.05, 3.63) is 107 Å². The van der Waals surface area contributed by atoms with Crippen molar-refractivity contribution in [2.45, 2.75) is 19.8 Å². The molecule has 0 aliphatic carbocycles. The van der Waals surface area contributed by atoms with Crippen LogP contribution in [0.2, 0.25) is 0 Å². The van der Waals surface area contributed by atoms with Gasteiger partial charge in [0.05, 0.1) is 0 Å². The van der Waals surface area contributed by atoms with E-state index in [2.05, 4.69) is 86.6 Å². The Kier molecular flexibility index (Phi) is 6.67. The van der Waals surface area contributed by atoms with Crippen molar-refractivity contribution in [1.29, 1.82) is 0 Å². The predicted octanol–water partition coefficient (Wildman–Crippen LogP) is 5.56. The molecule has 0 atom stereocenters. The van der Waals surface area contributed by atoms with E-state index >= 15 is 0 Å². The van der Waals surface area contributed by atoms with Gasteiger partial charge in [-0.25, -0.2) is 0 Å². The summed E-state index contributed by atoms with van der Waals surface area (Å²) in [7, 11) is 4.16. The smallest absolute Gasteiger partial charge is 0.116 e. The van der Waals surface area contributed by atoms with Crippen LogP contribution in [0.5, 0.6) is 5.75 Å². The van der Waals surface area contributed by atoms with Gasteiger partial charge in [0.1, 0.15) is 5.75 Å². The summed E-state index contributed by atoms with van der Waals surface area (Å²) >= 11 is 0. The van der Waals surface area contributed by atoms with Crippen molar-refractivity contribution < 1.29 is 5.11 Å². The second-order valence-corrected chi connectivity index (χ2v) is 7.63. The number of aryl methyl sites for hydroxylation is 2. The fourth-order valence-corrected chi connectivity index (χ4v) is 3.65. The highest BCUT2D eigenvalue weighted by Gasteiger charge is 2.11. The molecule has 0 spiro atoms. The molecule has 0 unspecified atom stereocenters. The van der Waals surface area contributed by atoms with Crippen LogP contribution in [-0.4, -0.2) is 30.6 Å². The number of phenols is 1. The van der Waals surface area contributed by atoms with Crippen molar-refractivity contribution in [1.82, 2.24) is 4.90 Å². The highest BCUT2D eigenvalue weighted by molar-refractivity contribution is 5.82. The van der Waals surface area contributed by atoms with Crippen molar-refractivity contribution in [2.75, 3.05) is 20.6 Å². The minimum atomic E-state index is 0.298. The molecule has 1 N–H and O–H groups in total. The zero-order valence-corrected chi connectivity index (χ0v) is 17.0. The number of likely N-dealkylation sites (N-methyl/N-ethyl adjacent to an activating group) is 1. The fourth-order valence-electron chi connectivity index (χ4n) is 3.65. The maximum absolute atomic E-state index is 9.96. The van der Waals surface area contributed by atoms with E-state index < -0.39 is 0 Å². The predicted molar refractivity (Wildman–Crippen MR) is 119 cm³/mol. The van der Waals surface area contributed by atoms with Gasteiger partial charge in [-0.05, 0) is 73.8 Å². The first-order valence-corrected chi connectivity index (χ1v) is 9.80. The van der Waals surface area contributed by atoms with Crippen LogP contribution in [0.3, 0.4) is 0 Å². The van der Waals surface area contributed by atoms with Gasteiger partial charge < -0.3 is 10.0 Å². The van der Waals surface area contributed by atoms with Gasteiger partial charge in [-0.1, -0.05) is 72.3 Å². The zero-order valence-electron chi connectivity index (χ0n) is 17.0. The van der Waals surface area contributed by atoms with Gasteiger partial charge in [-0.2, -0.15) is 0 Å². The molecule has 2 heteroatoms. The topological polar surface area (TPSA) is 23.5 Å². The van der Waals surface area contributed by atoms with E-state index in [1.807, 2.05) is 12.1 Å². The Labute approximate surface area is 168 Å². The van der Waals surface area contributed by atoms with Gasteiger partial charge in [-0.3, -0.25) is 0 Å². The molecule has 3 aromatic rings. The summed E-state index contributed by atoms with van der Waals surface area (Å²) in [6, 6.07) is 27.0. The third-order valence-electron chi connectivity index (χ3n) is 4.90. The standard InChI is InChI=1S/C26H29NO/c1-20(19-27(2)3)26(24-10-7-11-25(28)18-24)23-16-14-22(15-17-23)13-12-21-8-5-4-6-9-21/h4-11,14-18,28H,12-13,19H2,1-3H3/b26-20-. The van der Waals surface area contributed by atoms with Crippen molar-refractivity contribution in [2.24, 2.45) is 0 Å². The van der Waals surface area contributed by atoms with E-state index in [1.54, 1.807) is 6.07 Å². The van der Waals surface area contributed by atoms with Crippen LogP contribution in [0.15, 0.2) is 84.4 Å². The summed E-state index contributed by atoms with van der Waals surface area (Å²) < 4.78 is 0. The Morgan fingerprint density at radius 2 is 1.39 bits per heavy atom. The summed E-state index contributed by atoms with van der Waals surface area (Å²) in [5.41, 5.74) is 7.43. The highest BCUT2D eigenvalue weighted by Crippen LogP contribution is 2.29. The molecule has 0 saturated carbocycles. The number of benzene rings is 3. The van der Waals surface area contributed by atoms with E-state index in [1.165, 1.54) is 27.8 Å². The Morgan fingerprint density at radius 3 is 2.00 bits per heavy atom. The molecule has 3 aromatic carbocycles. The largest absolute Gasteiger partial charge is 0.508 e. The number of nitrogens with zero attached hydrogens (tertiary/aromatic N) is 1. The van der Waals surface area contributed by atoms with E-state index in [0.717, 1.165) is 24.9 Å². The van der Waals surface area contributed by atoms with Gasteiger partial charge in [0.25, 0.3) is 0 Å². The Hall–Kier alpha value is -2.84. The number of hydrogen-bond acceptors (Lipinski definition) is 2. The minimum absolute atomic E-state index is 0.298. The summed E-state index contributed by atoms with van der Waals surface area (Å²) in [5.74, 6) is 0.298. The first-order valence-electron chi connectivity index (χ1n) is 9.80. The SMILES string of the molecule is C/C(CN(C)C)=C(\c1ccc(CCc2ccccc2)cc1)c1cccc(O)c1. The molecule has 28 heavy (non-hydrogen) atoms. The van der Waals surface area contributed by atoms with Crippen LogP contribution >= 0.6 is 0 Å². The maximum atomic E-state index is 9.96. The van der Waals surface area contributed by atoms with Gasteiger partial charge in [0, 0.05) is 6.54 Å². The van der Waals surface area contributed by atoms with Gasteiger partial charge >= 0.3 is 0 Å². The van der Waals surface area contributed by atoms with Crippen LogP contribution in [0, 0.1) is 0 Å². The zero-order chi connectivity index (χ0) is 19.9. The monoisotopic (exact) mass is 371 g/mol. The lowest BCUT2D eigenvalue weighted by Gasteiger charge is -2.17. The first-order chi connectivity index (χ1) is 13.5. The molecule has 3 rings (SSSR count). The Morgan fingerprint density at radius 1 is 0.750 bits per heavy atom. The van der Waals surface area contributed by atoms with Gasteiger partial charge in [-0.15, -0.1) is 0 Å². The Bertz CT molecular complexity index is 924. The van der Waals surface area contributed by atoms with E-state index in [4.69, 9.17) is 0 Å². The molecule has 0 fully saturated rings. The van der Waals surface area contributed by atoms with Crippen LogP contribution < -0.4 is 0 Å². The van der Waals surface area contributed by atoms with Gasteiger partial charge in [0.15, 0.2) is 0 Å². The van der Waals surface area contributed by atoms with Gasteiger partial charge in [0.2, 0.25) is 0 Å². The summed E-state index contributed by atoms with van der Waals surface area (Å²) in [4.78, 5) is 2.17. The number of aromatic hydroxyl groups is 1. The summed E-state index contributed by atoms with van der Waals surface area (Å²) in [5, 5.41) is 9.96. The average molecular weight is 372 g/mol. The van der Waals surface area contributed by atoms with Crippen molar-refractivity contribution >= 4 is 5.57 Å². The third-order valence-corrected chi connectivity index (χ3v) is 4.90. The average Bonchev–Trinajstić information content (AvgIpc) is 2.68. The van der Waals surface area contributed by atoms with Crippen LogP contribution in [0.4, 0.5) is 0 Å². The van der Waals surface area contributed by atoms with E-state index in [0.29, 0.717) is 5.75 Å². The second kappa shape index (κ2) is 9.38. The van der Waals surface area contributed by atoms with Crippen molar-refractivity contribution in [3.63, 3.8) is 0 Å². The molecule has 144 valence electrons. The Balaban J connectivity index is 1.86. The number of rotatable bonds is 7. The van der Waals surface area contributed by atoms with Crippen LogP contribution in [0.1, 0.15) is 29.2 Å². The molecule has 0 aromatic heterocycles. The molecule has 0 saturated heterocycles. The molecule has 0 heterocycles. The molecule has 0 amide bonds. The lowest BCUT2D eigenvalue weighted by atomic mass is 9.92. The molecule has 0 bridgehead atoms. The molecular formula is C26H29NO. The van der Waals surface area contributed by atoms with Crippen molar-refractivity contribution in [3.8, 4) is 5.75 Å². The number of phenolic OH excluding ortho intramolecular Hbond substituents is 1. The first kappa shape index (κ1) is 19.9.